The summed E-state index contributed by atoms with van der Waals surface area (Å²) in [6.07, 6.45) is 0. The van der Waals surface area contributed by atoms with Gasteiger partial charge in [0.05, 0.1) is 0 Å². The Labute approximate surface area is 69.6 Å². The summed E-state index contributed by atoms with van der Waals surface area (Å²) in [5.41, 5.74) is 4.91. The van der Waals surface area contributed by atoms with Gasteiger partial charge in [0.15, 0.2) is 11.6 Å². The topological polar surface area (TPSA) is 24.1 Å². The van der Waals surface area contributed by atoms with Crippen LogP contribution in [0.5, 0.6) is 0 Å². The Morgan fingerprint density at radius 3 is 2.33 bits per heavy atom. The molecule has 0 saturated carbocycles. The zero-order valence-corrected chi connectivity index (χ0v) is 6.70. The van der Waals surface area contributed by atoms with Gasteiger partial charge >= 0.3 is 0 Å². The SMILES string of the molecule is CCNNc1c(F)cccc1F. The molecule has 1 aromatic rings. The van der Waals surface area contributed by atoms with Gasteiger partial charge in [0.1, 0.15) is 5.69 Å². The summed E-state index contributed by atoms with van der Waals surface area (Å²) >= 11 is 0. The first-order valence-corrected chi connectivity index (χ1v) is 3.68. The van der Waals surface area contributed by atoms with Crippen LogP contribution >= 0.6 is 0 Å². The fourth-order valence-corrected chi connectivity index (χ4v) is 0.794. The Bertz CT molecular complexity index is 243. The van der Waals surface area contributed by atoms with Crippen molar-refractivity contribution in [3.8, 4) is 0 Å². The van der Waals surface area contributed by atoms with E-state index < -0.39 is 11.6 Å². The summed E-state index contributed by atoms with van der Waals surface area (Å²) in [7, 11) is 0. The third kappa shape index (κ3) is 1.92. The summed E-state index contributed by atoms with van der Waals surface area (Å²) in [4.78, 5) is 0. The minimum absolute atomic E-state index is 0.139. The van der Waals surface area contributed by atoms with E-state index in [1.165, 1.54) is 18.2 Å². The van der Waals surface area contributed by atoms with Crippen molar-refractivity contribution in [2.45, 2.75) is 6.92 Å². The highest BCUT2D eigenvalue weighted by Crippen LogP contribution is 2.16. The zero-order chi connectivity index (χ0) is 8.97. The molecule has 0 fully saturated rings. The van der Waals surface area contributed by atoms with Gasteiger partial charge in [0, 0.05) is 6.54 Å². The lowest BCUT2D eigenvalue weighted by Gasteiger charge is -2.07. The van der Waals surface area contributed by atoms with Gasteiger partial charge in [-0.3, -0.25) is 0 Å². The molecule has 0 heterocycles. The van der Waals surface area contributed by atoms with Crippen LogP contribution in [-0.4, -0.2) is 6.54 Å². The molecule has 0 aliphatic heterocycles. The molecule has 0 unspecified atom stereocenters. The second-order valence-corrected chi connectivity index (χ2v) is 2.25. The number of hydrogen-bond donors (Lipinski definition) is 2. The molecule has 0 radical (unpaired) electrons. The van der Waals surface area contributed by atoms with Gasteiger partial charge in [-0.2, -0.15) is 0 Å². The quantitative estimate of drug-likeness (QED) is 0.680. The molecule has 0 spiro atoms. The molecule has 12 heavy (non-hydrogen) atoms. The van der Waals surface area contributed by atoms with Crippen molar-refractivity contribution in [3.63, 3.8) is 0 Å². The van der Waals surface area contributed by atoms with Crippen molar-refractivity contribution in [2.24, 2.45) is 0 Å². The second kappa shape index (κ2) is 4.01. The zero-order valence-electron chi connectivity index (χ0n) is 6.70. The van der Waals surface area contributed by atoms with Crippen LogP contribution in [0, 0.1) is 11.6 Å². The molecule has 0 aliphatic rings. The molecule has 0 aliphatic carbocycles. The van der Waals surface area contributed by atoms with Crippen molar-refractivity contribution in [3.05, 3.63) is 29.8 Å². The average Bonchev–Trinajstić information content (AvgIpc) is 2.04. The first-order chi connectivity index (χ1) is 5.75. The molecular weight excluding hydrogens is 162 g/mol. The number of anilines is 1. The fraction of sp³-hybridized carbons (Fsp3) is 0.250. The summed E-state index contributed by atoms with van der Waals surface area (Å²) in [6.45, 7) is 2.42. The smallest absolute Gasteiger partial charge is 0.150 e. The summed E-state index contributed by atoms with van der Waals surface area (Å²) in [6, 6.07) is 3.72. The van der Waals surface area contributed by atoms with Gasteiger partial charge in [-0.25, -0.2) is 14.2 Å². The van der Waals surface area contributed by atoms with Crippen LogP contribution in [-0.2, 0) is 0 Å². The van der Waals surface area contributed by atoms with E-state index in [2.05, 4.69) is 10.9 Å². The van der Waals surface area contributed by atoms with E-state index in [9.17, 15) is 8.78 Å². The average molecular weight is 172 g/mol. The first kappa shape index (κ1) is 8.93. The van der Waals surface area contributed by atoms with Crippen molar-refractivity contribution < 1.29 is 8.78 Å². The maximum atomic E-state index is 12.8. The Balaban J connectivity index is 2.81. The molecule has 0 aromatic heterocycles. The maximum Gasteiger partial charge on any atom is 0.150 e. The molecule has 1 rings (SSSR count). The van der Waals surface area contributed by atoms with Crippen LogP contribution in [0.2, 0.25) is 0 Å². The lowest BCUT2D eigenvalue weighted by Crippen LogP contribution is -2.22. The van der Waals surface area contributed by atoms with Gasteiger partial charge in [-0.15, -0.1) is 0 Å². The summed E-state index contributed by atoms with van der Waals surface area (Å²) in [5, 5.41) is 0. The largest absolute Gasteiger partial charge is 0.316 e. The molecule has 0 bridgehead atoms. The van der Waals surface area contributed by atoms with E-state index in [4.69, 9.17) is 0 Å². The lowest BCUT2D eigenvalue weighted by atomic mass is 10.3. The number of para-hydroxylation sites is 1. The van der Waals surface area contributed by atoms with Crippen LogP contribution in [0.1, 0.15) is 6.92 Å². The maximum absolute atomic E-state index is 12.8. The van der Waals surface area contributed by atoms with Crippen molar-refractivity contribution in [2.75, 3.05) is 12.0 Å². The predicted molar refractivity (Wildman–Crippen MR) is 43.7 cm³/mol. The minimum atomic E-state index is -0.601. The highest BCUT2D eigenvalue weighted by molar-refractivity contribution is 5.44. The minimum Gasteiger partial charge on any atom is -0.316 e. The fourth-order valence-electron chi connectivity index (χ4n) is 0.794. The molecule has 2 nitrogen and oxygen atoms in total. The van der Waals surface area contributed by atoms with Crippen LogP contribution in [0.3, 0.4) is 0 Å². The van der Waals surface area contributed by atoms with Gasteiger partial charge < -0.3 is 5.43 Å². The Morgan fingerprint density at radius 2 is 1.83 bits per heavy atom. The number of halogens is 2. The Morgan fingerprint density at radius 1 is 1.25 bits per heavy atom. The van der Waals surface area contributed by atoms with E-state index in [1.807, 2.05) is 6.92 Å². The van der Waals surface area contributed by atoms with Crippen LogP contribution in [0.25, 0.3) is 0 Å². The van der Waals surface area contributed by atoms with Crippen molar-refractivity contribution >= 4 is 5.69 Å². The van der Waals surface area contributed by atoms with Crippen LogP contribution in [0.4, 0.5) is 14.5 Å². The van der Waals surface area contributed by atoms with Gasteiger partial charge in [-0.1, -0.05) is 13.0 Å². The van der Waals surface area contributed by atoms with Gasteiger partial charge in [0.2, 0.25) is 0 Å². The third-order valence-electron chi connectivity index (χ3n) is 1.35. The number of hydrogen-bond acceptors (Lipinski definition) is 2. The molecule has 2 N–H and O–H groups in total. The third-order valence-corrected chi connectivity index (χ3v) is 1.35. The monoisotopic (exact) mass is 172 g/mol. The van der Waals surface area contributed by atoms with Gasteiger partial charge in [0.25, 0.3) is 0 Å². The molecule has 0 amide bonds. The molecule has 0 saturated heterocycles. The predicted octanol–water partition coefficient (Wildman–Crippen LogP) is 1.90. The van der Waals surface area contributed by atoms with E-state index in [-0.39, 0.29) is 5.69 Å². The molecule has 66 valence electrons. The number of rotatable bonds is 3. The highest BCUT2D eigenvalue weighted by Gasteiger charge is 2.05. The van der Waals surface area contributed by atoms with Crippen molar-refractivity contribution in [1.82, 2.24) is 5.43 Å². The van der Waals surface area contributed by atoms with E-state index >= 15 is 0 Å². The highest BCUT2D eigenvalue weighted by atomic mass is 19.1. The van der Waals surface area contributed by atoms with E-state index in [1.54, 1.807) is 0 Å². The summed E-state index contributed by atoms with van der Waals surface area (Å²) in [5.74, 6) is -1.20. The summed E-state index contributed by atoms with van der Waals surface area (Å²) < 4.78 is 25.7. The van der Waals surface area contributed by atoms with Crippen LogP contribution in [0.15, 0.2) is 18.2 Å². The van der Waals surface area contributed by atoms with Crippen LogP contribution < -0.4 is 10.9 Å². The normalized spacial score (nSPS) is 9.92. The van der Waals surface area contributed by atoms with Gasteiger partial charge in [-0.05, 0) is 12.1 Å². The molecular formula is C8H10F2N2. The van der Waals surface area contributed by atoms with E-state index in [0.29, 0.717) is 6.54 Å². The Kier molecular flexibility index (Phi) is 2.99. The standard InChI is InChI=1S/C8H10F2N2/c1-2-11-12-8-6(9)4-3-5-7(8)10/h3-5,11-12H,2H2,1H3. The lowest BCUT2D eigenvalue weighted by molar-refractivity contribution is 0.583. The number of benzene rings is 1. The molecule has 0 atom stereocenters. The second-order valence-electron chi connectivity index (χ2n) is 2.25. The van der Waals surface area contributed by atoms with Crippen molar-refractivity contribution in [1.29, 1.82) is 0 Å². The Hall–Kier alpha value is -1.16. The number of nitrogens with one attached hydrogen (secondary N) is 2. The molecule has 1 aromatic carbocycles. The first-order valence-electron chi connectivity index (χ1n) is 3.68. The molecule has 4 heteroatoms. The number of hydrazine groups is 1. The van der Waals surface area contributed by atoms with E-state index in [0.717, 1.165) is 0 Å².